The predicted molar refractivity (Wildman–Crippen MR) is 132 cm³/mol. The summed E-state index contributed by atoms with van der Waals surface area (Å²) < 4.78 is 17.6. The van der Waals surface area contributed by atoms with Crippen molar-refractivity contribution in [2.75, 3.05) is 58.7 Å². The number of ether oxygens (including phenoxy) is 1. The Hall–Kier alpha value is -1.20. The molecule has 2 aliphatic heterocycles. The van der Waals surface area contributed by atoms with Crippen LogP contribution in [0.4, 0.5) is 0 Å². The Labute approximate surface area is 199 Å². The van der Waals surface area contributed by atoms with Gasteiger partial charge in [0.25, 0.3) is 0 Å². The molecule has 0 bridgehead atoms. The van der Waals surface area contributed by atoms with Crippen LogP contribution in [0.25, 0.3) is 0 Å². The monoisotopic (exact) mass is 548 g/mol. The van der Waals surface area contributed by atoms with Crippen molar-refractivity contribution in [2.24, 2.45) is 10.9 Å². The maximum absolute atomic E-state index is 12.7. The van der Waals surface area contributed by atoms with Crippen LogP contribution < -0.4 is 5.32 Å². The molecule has 1 atom stereocenters. The molecule has 0 aromatic heterocycles. The van der Waals surface area contributed by atoms with Crippen LogP contribution in [0.1, 0.15) is 18.4 Å². The average molecular weight is 548 g/mol. The highest BCUT2D eigenvalue weighted by Crippen LogP contribution is 2.20. The zero-order valence-electron chi connectivity index (χ0n) is 17.6. The molecule has 30 heavy (non-hydrogen) atoms. The summed E-state index contributed by atoms with van der Waals surface area (Å²) in [4.78, 5) is 21.2. The maximum atomic E-state index is 12.7. The van der Waals surface area contributed by atoms with E-state index in [1.54, 1.807) is 7.05 Å². The Morgan fingerprint density at radius 2 is 1.80 bits per heavy atom. The van der Waals surface area contributed by atoms with Gasteiger partial charge in [0.2, 0.25) is 5.91 Å². The van der Waals surface area contributed by atoms with E-state index < -0.39 is 10.8 Å². The van der Waals surface area contributed by atoms with Crippen LogP contribution in [0.3, 0.4) is 0 Å². The molecular weight excluding hydrogens is 515 g/mol. The summed E-state index contributed by atoms with van der Waals surface area (Å²) in [6, 6.07) is 9.93. The molecule has 9 heteroatoms. The van der Waals surface area contributed by atoms with Crippen LogP contribution in [0.5, 0.6) is 0 Å². The standard InChI is InChI=1S/C21H32N4O3S.HI/c1-22-21(23-9-16-29(27)17-18-5-3-2-4-6-18)25-10-7-19(8-11-25)20(26)24-12-14-28-15-13-24;/h2-6,19H,7-17H2,1H3,(H,22,23);1H. The van der Waals surface area contributed by atoms with Crippen molar-refractivity contribution in [3.63, 3.8) is 0 Å². The van der Waals surface area contributed by atoms with Gasteiger partial charge < -0.3 is 19.9 Å². The lowest BCUT2D eigenvalue weighted by atomic mass is 9.95. The third-order valence-electron chi connectivity index (χ3n) is 5.46. The minimum atomic E-state index is -0.906. The molecule has 168 valence electrons. The Kier molecular flexibility index (Phi) is 11.1. The van der Waals surface area contributed by atoms with E-state index in [2.05, 4.69) is 15.2 Å². The van der Waals surface area contributed by atoms with Crippen molar-refractivity contribution in [3.8, 4) is 0 Å². The summed E-state index contributed by atoms with van der Waals surface area (Å²) in [5, 5.41) is 3.33. The largest absolute Gasteiger partial charge is 0.378 e. The van der Waals surface area contributed by atoms with Crippen LogP contribution in [0.2, 0.25) is 0 Å². The lowest BCUT2D eigenvalue weighted by molar-refractivity contribution is -0.140. The zero-order chi connectivity index (χ0) is 20.5. The van der Waals surface area contributed by atoms with Crippen molar-refractivity contribution >= 4 is 46.6 Å². The molecule has 1 unspecified atom stereocenters. The van der Waals surface area contributed by atoms with E-state index in [0.29, 0.717) is 44.4 Å². The van der Waals surface area contributed by atoms with E-state index in [1.165, 1.54) is 0 Å². The highest BCUT2D eigenvalue weighted by molar-refractivity contribution is 14.0. The number of aliphatic imine (C=N–C) groups is 1. The molecule has 0 aliphatic carbocycles. The summed E-state index contributed by atoms with van der Waals surface area (Å²) in [5.41, 5.74) is 1.10. The number of amides is 1. The van der Waals surface area contributed by atoms with Crippen molar-refractivity contribution in [1.29, 1.82) is 0 Å². The number of rotatable bonds is 6. The number of nitrogens with zero attached hydrogens (tertiary/aromatic N) is 3. The van der Waals surface area contributed by atoms with Gasteiger partial charge in [-0.15, -0.1) is 24.0 Å². The summed E-state index contributed by atoms with van der Waals surface area (Å²) >= 11 is 0. The van der Waals surface area contributed by atoms with E-state index in [4.69, 9.17) is 4.74 Å². The number of carbonyl (C=O) groups excluding carboxylic acids is 1. The number of likely N-dealkylation sites (tertiary alicyclic amines) is 1. The molecule has 2 aliphatic rings. The van der Waals surface area contributed by atoms with Gasteiger partial charge in [-0.05, 0) is 18.4 Å². The van der Waals surface area contributed by atoms with Gasteiger partial charge in [-0.1, -0.05) is 30.3 Å². The van der Waals surface area contributed by atoms with E-state index >= 15 is 0 Å². The van der Waals surface area contributed by atoms with Gasteiger partial charge in [0.05, 0.1) is 13.2 Å². The fraction of sp³-hybridized carbons (Fsp3) is 0.619. The molecule has 1 aromatic rings. The average Bonchev–Trinajstić information content (AvgIpc) is 2.78. The molecule has 3 rings (SSSR count). The van der Waals surface area contributed by atoms with Gasteiger partial charge >= 0.3 is 0 Å². The number of nitrogens with one attached hydrogen (secondary N) is 1. The minimum Gasteiger partial charge on any atom is -0.378 e. The Balaban J connectivity index is 0.00000320. The fourth-order valence-corrected chi connectivity index (χ4v) is 4.86. The predicted octanol–water partition coefficient (Wildman–Crippen LogP) is 1.70. The van der Waals surface area contributed by atoms with E-state index in [9.17, 15) is 9.00 Å². The Morgan fingerprint density at radius 3 is 2.43 bits per heavy atom. The summed E-state index contributed by atoms with van der Waals surface area (Å²) in [7, 11) is 0.866. The van der Waals surface area contributed by atoms with Crippen LogP contribution in [0, 0.1) is 5.92 Å². The first-order valence-electron chi connectivity index (χ1n) is 10.4. The highest BCUT2D eigenvalue weighted by atomic mass is 127. The first-order valence-corrected chi connectivity index (χ1v) is 11.9. The number of morpholine rings is 1. The Morgan fingerprint density at radius 1 is 1.13 bits per heavy atom. The Bertz CT molecular complexity index is 705. The molecule has 1 N–H and O–H groups in total. The molecule has 1 amide bonds. The molecule has 2 fully saturated rings. The van der Waals surface area contributed by atoms with Crippen molar-refractivity contribution < 1.29 is 13.7 Å². The number of hydrogen-bond donors (Lipinski definition) is 1. The van der Waals surface area contributed by atoms with Gasteiger partial charge in [0, 0.05) is 68.0 Å². The van der Waals surface area contributed by atoms with Gasteiger partial charge in [-0.25, -0.2) is 0 Å². The lowest BCUT2D eigenvalue weighted by Gasteiger charge is -2.36. The van der Waals surface area contributed by atoms with Crippen molar-refractivity contribution in [2.45, 2.75) is 18.6 Å². The molecule has 1 aromatic carbocycles. The summed E-state index contributed by atoms with van der Waals surface area (Å²) in [6.45, 7) is 4.96. The zero-order valence-corrected chi connectivity index (χ0v) is 20.8. The second-order valence-corrected chi connectivity index (χ2v) is 9.02. The van der Waals surface area contributed by atoms with E-state index in [1.807, 2.05) is 35.2 Å². The second-order valence-electron chi connectivity index (χ2n) is 7.45. The molecule has 2 heterocycles. The van der Waals surface area contributed by atoms with Crippen LogP contribution >= 0.6 is 24.0 Å². The van der Waals surface area contributed by atoms with Gasteiger partial charge in [-0.2, -0.15) is 0 Å². The molecule has 0 saturated carbocycles. The summed E-state index contributed by atoms with van der Waals surface area (Å²) in [6.07, 6.45) is 1.69. The SMILES string of the molecule is CN=C(NCCS(=O)Cc1ccccc1)N1CCC(C(=O)N2CCOCC2)CC1.I. The van der Waals surface area contributed by atoms with Gasteiger partial charge in [0.15, 0.2) is 5.96 Å². The van der Waals surface area contributed by atoms with Crippen LogP contribution in [-0.4, -0.2) is 84.6 Å². The van der Waals surface area contributed by atoms with Crippen molar-refractivity contribution in [3.05, 3.63) is 35.9 Å². The van der Waals surface area contributed by atoms with Gasteiger partial charge in [-0.3, -0.25) is 14.0 Å². The molecule has 0 spiro atoms. The smallest absolute Gasteiger partial charge is 0.225 e. The fourth-order valence-electron chi connectivity index (χ4n) is 3.82. The molecular formula is C21H33IN4O3S. The number of carbonyl (C=O) groups is 1. The maximum Gasteiger partial charge on any atom is 0.225 e. The second kappa shape index (κ2) is 13.3. The van der Waals surface area contributed by atoms with E-state index in [0.717, 1.165) is 37.5 Å². The third kappa shape index (κ3) is 7.49. The molecule has 0 radical (unpaired) electrons. The van der Waals surface area contributed by atoms with Crippen LogP contribution in [-0.2, 0) is 26.1 Å². The normalized spacial score (nSPS) is 19.2. The topological polar surface area (TPSA) is 74.2 Å². The third-order valence-corrected chi connectivity index (χ3v) is 6.78. The number of halogens is 1. The first-order chi connectivity index (χ1) is 14.2. The van der Waals surface area contributed by atoms with Crippen molar-refractivity contribution in [1.82, 2.24) is 15.1 Å². The summed E-state index contributed by atoms with van der Waals surface area (Å²) in [5.74, 6) is 2.36. The molecule has 7 nitrogen and oxygen atoms in total. The highest BCUT2D eigenvalue weighted by Gasteiger charge is 2.30. The number of hydrogen-bond acceptors (Lipinski definition) is 4. The quantitative estimate of drug-likeness (QED) is 0.333. The lowest BCUT2D eigenvalue weighted by Crippen LogP contribution is -2.50. The molecule has 2 saturated heterocycles. The first kappa shape index (κ1) is 25.1. The van der Waals surface area contributed by atoms with Gasteiger partial charge in [0.1, 0.15) is 0 Å². The number of piperidine rings is 1. The van der Waals surface area contributed by atoms with E-state index in [-0.39, 0.29) is 35.8 Å². The number of benzene rings is 1. The number of guanidine groups is 1. The van der Waals surface area contributed by atoms with Crippen LogP contribution in [0.15, 0.2) is 35.3 Å². The minimum absolute atomic E-state index is 0.